The summed E-state index contributed by atoms with van der Waals surface area (Å²) in [6, 6.07) is 18.0. The Morgan fingerprint density at radius 2 is 1.70 bits per heavy atom. The van der Waals surface area contributed by atoms with Gasteiger partial charge in [0.05, 0.1) is 6.42 Å². The summed E-state index contributed by atoms with van der Waals surface area (Å²) in [4.78, 5) is 12.9. The Hall–Kier alpha value is -1.74. The molecule has 1 N–H and O–H groups in total. The quantitative estimate of drug-likeness (QED) is 0.811. The van der Waals surface area contributed by atoms with Crippen molar-refractivity contribution < 1.29 is 4.79 Å². The number of amides is 1. The summed E-state index contributed by atoms with van der Waals surface area (Å²) in [7, 11) is 0. The zero-order valence-corrected chi connectivity index (χ0v) is 12.4. The first-order valence-corrected chi connectivity index (χ1v) is 7.19. The standard InChI is InChI=1S/C17H19NOS/c1-13(11-14-5-3-2-4-6-14)18-17(19)12-15-7-9-16(20)10-8-15/h2-10,13,20H,11-12H2,1H3,(H,18,19). The predicted molar refractivity (Wildman–Crippen MR) is 85.1 cm³/mol. The highest BCUT2D eigenvalue weighted by molar-refractivity contribution is 7.80. The summed E-state index contributed by atoms with van der Waals surface area (Å²) >= 11 is 4.23. The minimum atomic E-state index is 0.0559. The van der Waals surface area contributed by atoms with Gasteiger partial charge in [-0.05, 0) is 36.6 Å². The average Bonchev–Trinajstić information content (AvgIpc) is 2.42. The van der Waals surface area contributed by atoms with Gasteiger partial charge in [-0.2, -0.15) is 0 Å². The maximum absolute atomic E-state index is 12.0. The van der Waals surface area contributed by atoms with Gasteiger partial charge in [-0.15, -0.1) is 12.6 Å². The molecular formula is C17H19NOS. The molecule has 2 aromatic carbocycles. The molecule has 0 aliphatic heterocycles. The smallest absolute Gasteiger partial charge is 0.224 e. The number of thiol groups is 1. The molecule has 0 saturated carbocycles. The van der Waals surface area contributed by atoms with Gasteiger partial charge < -0.3 is 5.32 Å². The van der Waals surface area contributed by atoms with Gasteiger partial charge in [-0.1, -0.05) is 42.5 Å². The van der Waals surface area contributed by atoms with E-state index >= 15 is 0 Å². The minimum absolute atomic E-state index is 0.0559. The SMILES string of the molecule is CC(Cc1ccccc1)NC(=O)Cc1ccc(S)cc1. The second-order valence-corrected chi connectivity index (χ2v) is 5.52. The Morgan fingerprint density at radius 1 is 1.05 bits per heavy atom. The van der Waals surface area contributed by atoms with E-state index in [0.29, 0.717) is 6.42 Å². The molecule has 0 saturated heterocycles. The molecule has 3 heteroatoms. The fourth-order valence-corrected chi connectivity index (χ4v) is 2.29. The van der Waals surface area contributed by atoms with Crippen LogP contribution in [0.4, 0.5) is 0 Å². The van der Waals surface area contributed by atoms with E-state index in [1.54, 1.807) is 0 Å². The molecule has 2 rings (SSSR count). The lowest BCUT2D eigenvalue weighted by molar-refractivity contribution is -0.121. The maximum atomic E-state index is 12.0. The molecule has 20 heavy (non-hydrogen) atoms. The third-order valence-electron chi connectivity index (χ3n) is 3.09. The molecule has 0 radical (unpaired) electrons. The number of nitrogens with one attached hydrogen (secondary N) is 1. The van der Waals surface area contributed by atoms with E-state index in [4.69, 9.17) is 0 Å². The van der Waals surface area contributed by atoms with Crippen molar-refractivity contribution in [2.45, 2.75) is 30.7 Å². The van der Waals surface area contributed by atoms with E-state index in [1.165, 1.54) is 5.56 Å². The lowest BCUT2D eigenvalue weighted by Gasteiger charge is -2.14. The van der Waals surface area contributed by atoms with Crippen LogP contribution >= 0.6 is 12.6 Å². The maximum Gasteiger partial charge on any atom is 0.224 e. The second-order valence-electron chi connectivity index (χ2n) is 5.00. The molecule has 0 heterocycles. The van der Waals surface area contributed by atoms with E-state index in [-0.39, 0.29) is 11.9 Å². The van der Waals surface area contributed by atoms with E-state index in [2.05, 4.69) is 30.1 Å². The zero-order valence-electron chi connectivity index (χ0n) is 11.5. The van der Waals surface area contributed by atoms with Crippen molar-refractivity contribution >= 4 is 18.5 Å². The molecule has 0 aliphatic rings. The highest BCUT2D eigenvalue weighted by atomic mass is 32.1. The van der Waals surface area contributed by atoms with Crippen LogP contribution in [0.3, 0.4) is 0 Å². The summed E-state index contributed by atoms with van der Waals surface area (Å²) in [5.41, 5.74) is 2.24. The van der Waals surface area contributed by atoms with Crippen LogP contribution in [-0.2, 0) is 17.6 Å². The Kier molecular flexibility index (Phi) is 5.24. The van der Waals surface area contributed by atoms with Crippen LogP contribution in [0.15, 0.2) is 59.5 Å². The first-order valence-electron chi connectivity index (χ1n) is 6.74. The first kappa shape index (κ1) is 14.7. The highest BCUT2D eigenvalue weighted by Crippen LogP contribution is 2.08. The number of carbonyl (C=O) groups is 1. The summed E-state index contributed by atoms with van der Waals surface area (Å²) in [5.74, 6) is 0.0559. The molecule has 0 fully saturated rings. The van der Waals surface area contributed by atoms with Crippen LogP contribution in [0.5, 0.6) is 0 Å². The number of rotatable bonds is 5. The molecule has 0 aliphatic carbocycles. The summed E-state index contributed by atoms with van der Waals surface area (Å²) in [6.07, 6.45) is 1.26. The van der Waals surface area contributed by atoms with E-state index in [1.807, 2.05) is 49.4 Å². The largest absolute Gasteiger partial charge is 0.353 e. The molecule has 0 spiro atoms. The highest BCUT2D eigenvalue weighted by Gasteiger charge is 2.08. The average molecular weight is 285 g/mol. The number of hydrogen-bond donors (Lipinski definition) is 2. The first-order chi connectivity index (χ1) is 9.63. The summed E-state index contributed by atoms with van der Waals surface area (Å²) < 4.78 is 0. The monoisotopic (exact) mass is 285 g/mol. The molecule has 1 atom stereocenters. The van der Waals surface area contributed by atoms with Crippen molar-refractivity contribution in [2.75, 3.05) is 0 Å². The van der Waals surface area contributed by atoms with Gasteiger partial charge in [0.2, 0.25) is 5.91 Å². The van der Waals surface area contributed by atoms with E-state index in [0.717, 1.165) is 16.9 Å². The molecule has 1 unspecified atom stereocenters. The molecule has 2 nitrogen and oxygen atoms in total. The third-order valence-corrected chi connectivity index (χ3v) is 3.39. The van der Waals surface area contributed by atoms with Crippen LogP contribution in [0.25, 0.3) is 0 Å². The van der Waals surface area contributed by atoms with Gasteiger partial charge in [0.25, 0.3) is 0 Å². The van der Waals surface area contributed by atoms with Crippen LogP contribution in [0.2, 0.25) is 0 Å². The number of benzene rings is 2. The molecule has 1 amide bonds. The fourth-order valence-electron chi connectivity index (χ4n) is 2.14. The van der Waals surface area contributed by atoms with Gasteiger partial charge in [-0.25, -0.2) is 0 Å². The lowest BCUT2D eigenvalue weighted by atomic mass is 10.1. The topological polar surface area (TPSA) is 29.1 Å². The molecular weight excluding hydrogens is 266 g/mol. The van der Waals surface area contributed by atoms with Crippen molar-refractivity contribution in [1.29, 1.82) is 0 Å². The van der Waals surface area contributed by atoms with E-state index < -0.39 is 0 Å². The summed E-state index contributed by atoms with van der Waals surface area (Å²) in [6.45, 7) is 2.03. The van der Waals surface area contributed by atoms with Crippen LogP contribution in [0, 0.1) is 0 Å². The Balaban J connectivity index is 1.83. The van der Waals surface area contributed by atoms with Crippen LogP contribution < -0.4 is 5.32 Å². The zero-order chi connectivity index (χ0) is 14.4. The van der Waals surface area contributed by atoms with E-state index in [9.17, 15) is 4.79 Å². The molecule has 0 aromatic heterocycles. The van der Waals surface area contributed by atoms with Crippen LogP contribution in [0.1, 0.15) is 18.1 Å². The van der Waals surface area contributed by atoms with Gasteiger partial charge >= 0.3 is 0 Å². The molecule has 2 aromatic rings. The van der Waals surface area contributed by atoms with Crippen molar-refractivity contribution in [3.8, 4) is 0 Å². The second kappa shape index (κ2) is 7.15. The van der Waals surface area contributed by atoms with Gasteiger partial charge in [0, 0.05) is 10.9 Å². The van der Waals surface area contributed by atoms with Crippen LogP contribution in [-0.4, -0.2) is 11.9 Å². The fraction of sp³-hybridized carbons (Fsp3) is 0.235. The third kappa shape index (κ3) is 4.74. The Bertz CT molecular complexity index is 551. The predicted octanol–water partition coefficient (Wildman–Crippen LogP) is 3.27. The molecule has 0 bridgehead atoms. The number of hydrogen-bond acceptors (Lipinski definition) is 2. The Labute approximate surface area is 125 Å². The Morgan fingerprint density at radius 3 is 2.35 bits per heavy atom. The van der Waals surface area contributed by atoms with Crippen molar-refractivity contribution in [2.24, 2.45) is 0 Å². The summed E-state index contributed by atoms with van der Waals surface area (Å²) in [5, 5.41) is 3.03. The van der Waals surface area contributed by atoms with Gasteiger partial charge in [0.15, 0.2) is 0 Å². The van der Waals surface area contributed by atoms with Crippen molar-refractivity contribution in [3.63, 3.8) is 0 Å². The van der Waals surface area contributed by atoms with Crippen molar-refractivity contribution in [3.05, 3.63) is 65.7 Å². The minimum Gasteiger partial charge on any atom is -0.353 e. The van der Waals surface area contributed by atoms with Crippen molar-refractivity contribution in [1.82, 2.24) is 5.32 Å². The van der Waals surface area contributed by atoms with Gasteiger partial charge in [0.1, 0.15) is 0 Å². The lowest BCUT2D eigenvalue weighted by Crippen LogP contribution is -2.35. The molecule has 104 valence electrons. The van der Waals surface area contributed by atoms with Gasteiger partial charge in [-0.3, -0.25) is 4.79 Å². The normalized spacial score (nSPS) is 11.9. The number of carbonyl (C=O) groups excluding carboxylic acids is 1.